The fourth-order valence-corrected chi connectivity index (χ4v) is 2.99. The zero-order chi connectivity index (χ0) is 19.6. The molecule has 2 aromatic rings. The molecule has 0 radical (unpaired) electrons. The highest BCUT2D eigenvalue weighted by Gasteiger charge is 2.30. The van der Waals surface area contributed by atoms with Crippen LogP contribution in [0.4, 0.5) is 16.2 Å². The number of nitrogens with zero attached hydrogens (tertiary/aromatic N) is 2. The summed E-state index contributed by atoms with van der Waals surface area (Å²) in [6.45, 7) is 1.09. The van der Waals surface area contributed by atoms with Crippen LogP contribution in [0.2, 0.25) is 0 Å². The topological polar surface area (TPSA) is 137 Å². The average Bonchev–Trinajstić information content (AvgIpc) is 3.03. The van der Waals surface area contributed by atoms with Crippen LogP contribution in [0.5, 0.6) is 0 Å². The van der Waals surface area contributed by atoms with Crippen LogP contribution in [-0.4, -0.2) is 42.1 Å². The van der Waals surface area contributed by atoms with Gasteiger partial charge in [-0.3, -0.25) is 20.0 Å². The number of hydrogen-bond acceptors (Lipinski definition) is 4. The lowest BCUT2D eigenvalue weighted by atomic mass is 10.1. The van der Waals surface area contributed by atoms with E-state index >= 15 is 0 Å². The molecule has 0 spiro atoms. The Kier molecular flexibility index (Phi) is 5.09. The number of nitrogen functional groups attached to an aromatic ring is 1. The van der Waals surface area contributed by atoms with Crippen LogP contribution < -0.4 is 21.3 Å². The van der Waals surface area contributed by atoms with Gasteiger partial charge in [-0.15, -0.1) is 0 Å². The second kappa shape index (κ2) is 7.46. The molecule has 1 atom stereocenters. The van der Waals surface area contributed by atoms with E-state index in [1.54, 1.807) is 58.3 Å². The smallest absolute Gasteiger partial charge is 0.329 e. The van der Waals surface area contributed by atoms with Crippen molar-refractivity contribution < 1.29 is 14.7 Å². The fourth-order valence-electron chi connectivity index (χ4n) is 2.99. The number of carboxylic acids is 1. The number of anilines is 2. The van der Waals surface area contributed by atoms with Gasteiger partial charge in [0.05, 0.1) is 0 Å². The Hall–Kier alpha value is -3.39. The summed E-state index contributed by atoms with van der Waals surface area (Å²) in [5.41, 5.74) is 13.9. The van der Waals surface area contributed by atoms with Crippen molar-refractivity contribution in [2.45, 2.75) is 12.5 Å². The van der Waals surface area contributed by atoms with E-state index in [1.165, 1.54) is 0 Å². The summed E-state index contributed by atoms with van der Waals surface area (Å²) in [6.07, 6.45) is 0.234. The summed E-state index contributed by atoms with van der Waals surface area (Å²) >= 11 is 0. The van der Waals surface area contributed by atoms with Crippen LogP contribution in [0.3, 0.4) is 0 Å². The number of rotatable bonds is 6. The van der Waals surface area contributed by atoms with Gasteiger partial charge in [-0.05, 0) is 48.4 Å². The van der Waals surface area contributed by atoms with Gasteiger partial charge < -0.3 is 16.6 Å². The van der Waals surface area contributed by atoms with E-state index in [0.717, 1.165) is 16.9 Å². The molecule has 0 bridgehead atoms. The second-order valence-corrected chi connectivity index (χ2v) is 6.36. The van der Waals surface area contributed by atoms with E-state index in [2.05, 4.69) is 0 Å². The normalized spacial score (nSPS) is 15.1. The number of benzene rings is 2. The van der Waals surface area contributed by atoms with E-state index in [-0.39, 0.29) is 18.3 Å². The van der Waals surface area contributed by atoms with Gasteiger partial charge in [0, 0.05) is 30.0 Å². The predicted octanol–water partition coefficient (Wildman–Crippen LogP) is 1.37. The van der Waals surface area contributed by atoms with Crippen molar-refractivity contribution in [2.75, 3.05) is 22.9 Å². The molecule has 8 heteroatoms. The standard InChI is InChI=1S/C19H21N5O3/c20-16(18(25)26)11-12-1-5-14(6-2-12)23-9-10-24(19(23)27)15-7-3-13(4-8-15)17(21)22/h1-8,16H,9-11,20H2,(H3,21,22)(H,25,26). The van der Waals surface area contributed by atoms with Crippen LogP contribution in [0.1, 0.15) is 11.1 Å². The zero-order valence-corrected chi connectivity index (χ0v) is 14.6. The van der Waals surface area contributed by atoms with Crippen LogP contribution in [0.15, 0.2) is 48.5 Å². The number of nitrogens with two attached hydrogens (primary N) is 2. The number of carbonyl (C=O) groups is 2. The molecule has 140 valence electrons. The quantitative estimate of drug-likeness (QED) is 0.451. The molecule has 1 unspecified atom stereocenters. The molecule has 1 heterocycles. The summed E-state index contributed by atoms with van der Waals surface area (Å²) in [6, 6.07) is 13.1. The number of hydrogen-bond donors (Lipinski definition) is 4. The Bertz CT molecular complexity index is 864. The van der Waals surface area contributed by atoms with Crippen LogP contribution in [0.25, 0.3) is 0 Å². The third-order valence-corrected chi connectivity index (χ3v) is 4.52. The van der Waals surface area contributed by atoms with Crippen molar-refractivity contribution >= 4 is 29.2 Å². The van der Waals surface area contributed by atoms with E-state index in [1.807, 2.05) is 0 Å². The summed E-state index contributed by atoms with van der Waals surface area (Å²) in [7, 11) is 0. The van der Waals surface area contributed by atoms with E-state index in [4.69, 9.17) is 22.0 Å². The molecule has 1 fully saturated rings. The lowest BCUT2D eigenvalue weighted by Crippen LogP contribution is -2.32. The molecule has 1 aliphatic rings. The van der Waals surface area contributed by atoms with Crippen molar-refractivity contribution in [3.05, 3.63) is 59.7 Å². The van der Waals surface area contributed by atoms with E-state index in [0.29, 0.717) is 18.7 Å². The molecule has 0 aliphatic carbocycles. The molecular weight excluding hydrogens is 346 g/mol. The maximum atomic E-state index is 12.8. The van der Waals surface area contributed by atoms with Crippen LogP contribution in [0, 0.1) is 5.41 Å². The Labute approximate surface area is 156 Å². The lowest BCUT2D eigenvalue weighted by molar-refractivity contribution is -0.138. The number of amidine groups is 1. The van der Waals surface area contributed by atoms with Crippen molar-refractivity contribution in [1.82, 2.24) is 0 Å². The Morgan fingerprint density at radius 3 is 1.96 bits per heavy atom. The van der Waals surface area contributed by atoms with Gasteiger partial charge in [0.1, 0.15) is 11.9 Å². The number of amides is 2. The van der Waals surface area contributed by atoms with E-state index < -0.39 is 12.0 Å². The first kappa shape index (κ1) is 18.4. The fraction of sp³-hybridized carbons (Fsp3) is 0.211. The Morgan fingerprint density at radius 2 is 1.52 bits per heavy atom. The highest BCUT2D eigenvalue weighted by atomic mass is 16.4. The van der Waals surface area contributed by atoms with Crippen molar-refractivity contribution in [3.8, 4) is 0 Å². The molecule has 27 heavy (non-hydrogen) atoms. The van der Waals surface area contributed by atoms with Crippen molar-refractivity contribution in [1.29, 1.82) is 5.41 Å². The van der Waals surface area contributed by atoms with Gasteiger partial charge in [0.2, 0.25) is 0 Å². The molecule has 2 aromatic carbocycles. The van der Waals surface area contributed by atoms with Gasteiger partial charge in [0.15, 0.2) is 0 Å². The highest BCUT2D eigenvalue weighted by Crippen LogP contribution is 2.25. The number of carbonyl (C=O) groups excluding carboxylic acids is 1. The monoisotopic (exact) mass is 367 g/mol. The third-order valence-electron chi connectivity index (χ3n) is 4.52. The first-order chi connectivity index (χ1) is 12.9. The maximum absolute atomic E-state index is 12.8. The van der Waals surface area contributed by atoms with Gasteiger partial charge in [0.25, 0.3) is 0 Å². The highest BCUT2D eigenvalue weighted by molar-refractivity contribution is 6.06. The summed E-state index contributed by atoms with van der Waals surface area (Å²) in [5, 5.41) is 16.3. The largest absolute Gasteiger partial charge is 0.480 e. The number of urea groups is 1. The molecule has 1 saturated heterocycles. The van der Waals surface area contributed by atoms with Gasteiger partial charge >= 0.3 is 12.0 Å². The Morgan fingerprint density at radius 1 is 1.04 bits per heavy atom. The summed E-state index contributed by atoms with van der Waals surface area (Å²) in [4.78, 5) is 26.9. The first-order valence-electron chi connectivity index (χ1n) is 8.47. The van der Waals surface area contributed by atoms with Crippen molar-refractivity contribution in [2.24, 2.45) is 11.5 Å². The average molecular weight is 367 g/mol. The number of carboxylic acid groups (broad SMARTS) is 1. The predicted molar refractivity (Wildman–Crippen MR) is 103 cm³/mol. The number of nitrogens with one attached hydrogen (secondary N) is 1. The Balaban J connectivity index is 1.71. The molecule has 2 amide bonds. The van der Waals surface area contributed by atoms with E-state index in [9.17, 15) is 9.59 Å². The minimum Gasteiger partial charge on any atom is -0.480 e. The van der Waals surface area contributed by atoms with Crippen LogP contribution >= 0.6 is 0 Å². The number of aliphatic carboxylic acids is 1. The molecule has 0 aromatic heterocycles. The van der Waals surface area contributed by atoms with Gasteiger partial charge in [-0.2, -0.15) is 0 Å². The molecule has 8 nitrogen and oxygen atoms in total. The SMILES string of the molecule is N=C(N)c1ccc(N2CCN(c3ccc(CC(N)C(=O)O)cc3)C2=O)cc1. The second-order valence-electron chi connectivity index (χ2n) is 6.36. The minimum absolute atomic E-state index is 0.0152. The van der Waals surface area contributed by atoms with Gasteiger partial charge in [-0.25, -0.2) is 4.79 Å². The van der Waals surface area contributed by atoms with Gasteiger partial charge in [-0.1, -0.05) is 12.1 Å². The van der Waals surface area contributed by atoms with Crippen molar-refractivity contribution in [3.63, 3.8) is 0 Å². The first-order valence-corrected chi connectivity index (χ1v) is 8.47. The summed E-state index contributed by atoms with van der Waals surface area (Å²) < 4.78 is 0. The van der Waals surface area contributed by atoms with Crippen LogP contribution in [-0.2, 0) is 11.2 Å². The third kappa shape index (κ3) is 3.90. The minimum atomic E-state index is -1.04. The molecule has 0 saturated carbocycles. The maximum Gasteiger partial charge on any atom is 0.329 e. The zero-order valence-electron chi connectivity index (χ0n) is 14.6. The molecular formula is C19H21N5O3. The molecule has 3 rings (SSSR count). The lowest BCUT2D eigenvalue weighted by Gasteiger charge is -2.19. The molecule has 1 aliphatic heterocycles. The summed E-state index contributed by atoms with van der Waals surface area (Å²) in [5.74, 6) is -1.06. The molecule has 6 N–H and O–H groups in total.